The van der Waals surface area contributed by atoms with Gasteiger partial charge in [-0.3, -0.25) is 9.59 Å². The molecule has 4 rings (SSSR count). The summed E-state index contributed by atoms with van der Waals surface area (Å²) in [6, 6.07) is 0. The van der Waals surface area contributed by atoms with Crippen molar-refractivity contribution in [1.29, 1.82) is 0 Å². The standard InChI is InChI=1S/2C12H16O/c1-3-9-5-8-6-10(9)11(7-8)12(13)4-2;1-3-8-5-10-6-9(8)7-11(10)12(13)4-2/h3-4,8,10-11H,2,5-7H2,1H3;3-4,9-11H,2,5-7H2,1H3. The van der Waals surface area contributed by atoms with Gasteiger partial charge in [-0.2, -0.15) is 0 Å². The zero-order valence-electron chi connectivity index (χ0n) is 16.2. The van der Waals surface area contributed by atoms with Crippen molar-refractivity contribution in [3.8, 4) is 0 Å². The lowest BCUT2D eigenvalue weighted by atomic mass is 9.82. The summed E-state index contributed by atoms with van der Waals surface area (Å²) in [6.07, 6.45) is 14.5. The number of fused-ring (bicyclic) bond motifs is 4. The van der Waals surface area contributed by atoms with E-state index in [0.717, 1.165) is 25.2 Å². The van der Waals surface area contributed by atoms with Gasteiger partial charge in [-0.25, -0.2) is 0 Å². The molecule has 0 heterocycles. The van der Waals surface area contributed by atoms with Crippen LogP contribution in [-0.2, 0) is 9.59 Å². The van der Waals surface area contributed by atoms with E-state index in [1.54, 1.807) is 5.57 Å². The quantitative estimate of drug-likeness (QED) is 0.497. The zero-order valence-corrected chi connectivity index (χ0v) is 16.2. The average molecular weight is 353 g/mol. The summed E-state index contributed by atoms with van der Waals surface area (Å²) in [5.74, 6) is 3.76. The Kier molecular flexibility index (Phi) is 5.79. The third kappa shape index (κ3) is 3.43. The predicted molar refractivity (Wildman–Crippen MR) is 107 cm³/mol. The number of carbonyl (C=O) groups excluding carboxylic acids is 2. The molecule has 2 heteroatoms. The fourth-order valence-electron chi connectivity index (χ4n) is 5.98. The summed E-state index contributed by atoms with van der Waals surface area (Å²) < 4.78 is 0. The SMILES string of the molecule is C=CC(=O)C1CC2CC(=CC)C1C2.C=CC(=O)C1CC2CC1CC2=CC. The normalized spacial score (nSPS) is 39.8. The van der Waals surface area contributed by atoms with E-state index in [9.17, 15) is 9.59 Å². The highest BCUT2D eigenvalue weighted by atomic mass is 16.1. The minimum Gasteiger partial charge on any atom is -0.295 e. The second-order valence-corrected chi connectivity index (χ2v) is 8.43. The van der Waals surface area contributed by atoms with Gasteiger partial charge < -0.3 is 0 Å². The maximum Gasteiger partial charge on any atom is 0.158 e. The monoisotopic (exact) mass is 352 g/mol. The summed E-state index contributed by atoms with van der Waals surface area (Å²) in [4.78, 5) is 23.0. The maximum atomic E-state index is 11.5. The number of rotatable bonds is 4. The first-order valence-electron chi connectivity index (χ1n) is 10.1. The van der Waals surface area contributed by atoms with Crippen LogP contribution in [0.2, 0.25) is 0 Å². The molecule has 0 aromatic carbocycles. The Hall–Kier alpha value is -1.70. The van der Waals surface area contributed by atoms with E-state index in [0.29, 0.717) is 23.7 Å². The van der Waals surface area contributed by atoms with Crippen LogP contribution in [-0.4, -0.2) is 11.6 Å². The van der Waals surface area contributed by atoms with Crippen LogP contribution < -0.4 is 0 Å². The van der Waals surface area contributed by atoms with Gasteiger partial charge in [0.2, 0.25) is 0 Å². The second kappa shape index (κ2) is 7.90. The minimum atomic E-state index is 0.256. The first kappa shape index (κ1) is 19.1. The first-order valence-corrected chi connectivity index (χ1v) is 10.1. The van der Waals surface area contributed by atoms with E-state index >= 15 is 0 Å². The number of ketones is 2. The Morgan fingerprint density at radius 3 is 2.00 bits per heavy atom. The lowest BCUT2D eigenvalue weighted by Crippen LogP contribution is -2.20. The predicted octanol–water partition coefficient (Wildman–Crippen LogP) is 5.47. The average Bonchev–Trinajstić information content (AvgIpc) is 3.45. The molecule has 6 atom stereocenters. The summed E-state index contributed by atoms with van der Waals surface area (Å²) in [6.45, 7) is 11.3. The molecule has 4 bridgehead atoms. The summed E-state index contributed by atoms with van der Waals surface area (Å²) in [5.41, 5.74) is 3.09. The molecular formula is C24H32O2. The molecule has 0 N–H and O–H groups in total. The highest BCUT2D eigenvalue weighted by Gasteiger charge is 2.45. The third-order valence-electron chi connectivity index (χ3n) is 7.25. The van der Waals surface area contributed by atoms with E-state index in [1.165, 1.54) is 37.0 Å². The third-order valence-corrected chi connectivity index (χ3v) is 7.25. The van der Waals surface area contributed by atoms with E-state index < -0.39 is 0 Å². The van der Waals surface area contributed by atoms with Crippen molar-refractivity contribution in [3.05, 3.63) is 48.6 Å². The Morgan fingerprint density at radius 2 is 1.50 bits per heavy atom. The molecule has 0 saturated heterocycles. The van der Waals surface area contributed by atoms with Gasteiger partial charge >= 0.3 is 0 Å². The van der Waals surface area contributed by atoms with Crippen LogP contribution in [0.25, 0.3) is 0 Å². The van der Waals surface area contributed by atoms with Crippen LogP contribution in [0.4, 0.5) is 0 Å². The van der Waals surface area contributed by atoms with Crippen LogP contribution in [0.3, 0.4) is 0 Å². The molecule has 2 nitrogen and oxygen atoms in total. The van der Waals surface area contributed by atoms with Crippen molar-refractivity contribution in [1.82, 2.24) is 0 Å². The first-order chi connectivity index (χ1) is 12.5. The second-order valence-electron chi connectivity index (χ2n) is 8.43. The summed E-state index contributed by atoms with van der Waals surface area (Å²) >= 11 is 0. The Labute approximate surface area is 158 Å². The molecule has 0 aliphatic heterocycles. The fourth-order valence-corrected chi connectivity index (χ4v) is 5.98. The number of hydrogen-bond acceptors (Lipinski definition) is 2. The van der Waals surface area contributed by atoms with Gasteiger partial charge in [0.25, 0.3) is 0 Å². The molecule has 0 amide bonds. The van der Waals surface area contributed by atoms with E-state index in [2.05, 4.69) is 39.2 Å². The Balaban J connectivity index is 0.000000151. The smallest absolute Gasteiger partial charge is 0.158 e. The maximum absolute atomic E-state index is 11.5. The minimum absolute atomic E-state index is 0.256. The lowest BCUT2D eigenvalue weighted by molar-refractivity contribution is -0.120. The lowest BCUT2D eigenvalue weighted by Gasteiger charge is -2.21. The molecule has 0 spiro atoms. The topological polar surface area (TPSA) is 34.1 Å². The highest BCUT2D eigenvalue weighted by molar-refractivity contribution is 5.92. The van der Waals surface area contributed by atoms with Crippen molar-refractivity contribution >= 4 is 11.6 Å². The zero-order chi connectivity index (χ0) is 18.8. The van der Waals surface area contributed by atoms with Crippen LogP contribution in [0.5, 0.6) is 0 Å². The van der Waals surface area contributed by atoms with E-state index in [1.807, 2.05) is 0 Å². The molecule has 4 aliphatic carbocycles. The van der Waals surface area contributed by atoms with Gasteiger partial charge in [0.1, 0.15) is 0 Å². The van der Waals surface area contributed by atoms with Gasteiger partial charge in [-0.15, -0.1) is 0 Å². The molecule has 0 aromatic heterocycles. The number of hydrogen-bond donors (Lipinski definition) is 0. The highest BCUT2D eigenvalue weighted by Crippen LogP contribution is 2.52. The molecule has 0 radical (unpaired) electrons. The molecule has 26 heavy (non-hydrogen) atoms. The summed E-state index contributed by atoms with van der Waals surface area (Å²) in [7, 11) is 0. The fraction of sp³-hybridized carbons (Fsp3) is 0.583. The van der Waals surface area contributed by atoms with Crippen LogP contribution in [0.1, 0.15) is 52.4 Å². The van der Waals surface area contributed by atoms with Crippen molar-refractivity contribution in [2.75, 3.05) is 0 Å². The van der Waals surface area contributed by atoms with Gasteiger partial charge in [0.15, 0.2) is 11.6 Å². The van der Waals surface area contributed by atoms with Crippen molar-refractivity contribution in [2.45, 2.75) is 52.4 Å². The van der Waals surface area contributed by atoms with Crippen molar-refractivity contribution in [3.63, 3.8) is 0 Å². The largest absolute Gasteiger partial charge is 0.295 e. The molecular weight excluding hydrogens is 320 g/mol. The molecule has 4 fully saturated rings. The van der Waals surface area contributed by atoms with E-state index in [4.69, 9.17) is 0 Å². The van der Waals surface area contributed by atoms with Crippen molar-refractivity contribution < 1.29 is 9.59 Å². The molecule has 4 saturated carbocycles. The molecule has 0 aromatic rings. The van der Waals surface area contributed by atoms with Gasteiger partial charge in [-0.1, -0.05) is 36.5 Å². The molecule has 140 valence electrons. The molecule has 6 unspecified atom stereocenters. The van der Waals surface area contributed by atoms with Gasteiger partial charge in [-0.05, 0) is 88.2 Å². The molecule has 4 aliphatic rings. The van der Waals surface area contributed by atoms with Crippen LogP contribution >= 0.6 is 0 Å². The number of carbonyl (C=O) groups is 2. The number of allylic oxidation sites excluding steroid dienone is 6. The Bertz CT molecular complexity index is 666. The van der Waals surface area contributed by atoms with Crippen LogP contribution in [0, 0.1) is 35.5 Å². The van der Waals surface area contributed by atoms with Gasteiger partial charge in [0, 0.05) is 11.8 Å². The van der Waals surface area contributed by atoms with Gasteiger partial charge in [0.05, 0.1) is 0 Å². The van der Waals surface area contributed by atoms with Crippen LogP contribution in [0.15, 0.2) is 48.6 Å². The van der Waals surface area contributed by atoms with E-state index in [-0.39, 0.29) is 17.5 Å². The Morgan fingerprint density at radius 1 is 0.846 bits per heavy atom. The van der Waals surface area contributed by atoms with Crippen molar-refractivity contribution in [2.24, 2.45) is 35.5 Å². The summed E-state index contributed by atoms with van der Waals surface area (Å²) in [5, 5.41) is 0.